The Morgan fingerprint density at radius 1 is 1.37 bits per heavy atom. The number of aromatic amines is 1. The molecule has 1 saturated carbocycles. The number of hydrogen-bond donors (Lipinski definition) is 1. The second-order valence-electron chi connectivity index (χ2n) is 7.72. The quantitative estimate of drug-likeness (QED) is 0.882. The molecule has 6 nitrogen and oxygen atoms in total. The number of carbonyl (C=O) groups excluding carboxylic acids is 1. The second kappa shape index (κ2) is 7.72. The molecule has 0 radical (unpaired) electrons. The largest absolute Gasteiger partial charge is 0.497 e. The summed E-state index contributed by atoms with van der Waals surface area (Å²) in [6.07, 6.45) is 6.71. The maximum Gasteiger partial charge on any atom is 0.237 e. The lowest BCUT2D eigenvalue weighted by molar-refractivity contribution is -0.133. The fourth-order valence-corrected chi connectivity index (χ4v) is 4.42. The van der Waals surface area contributed by atoms with E-state index in [9.17, 15) is 4.79 Å². The first-order chi connectivity index (χ1) is 13.2. The van der Waals surface area contributed by atoms with Crippen molar-refractivity contribution in [3.63, 3.8) is 0 Å². The third-order valence-electron chi connectivity index (χ3n) is 6.02. The summed E-state index contributed by atoms with van der Waals surface area (Å²) in [7, 11) is 3.76. The second-order valence-corrected chi connectivity index (χ2v) is 7.72. The third kappa shape index (κ3) is 3.72. The summed E-state index contributed by atoms with van der Waals surface area (Å²) in [5, 5.41) is 0. The van der Waals surface area contributed by atoms with Gasteiger partial charge in [0, 0.05) is 18.5 Å². The number of benzene rings is 1. The number of nitrogens with one attached hydrogen (secondary N) is 1. The van der Waals surface area contributed by atoms with Crippen molar-refractivity contribution in [3.05, 3.63) is 47.5 Å². The molecule has 0 bridgehead atoms. The van der Waals surface area contributed by atoms with Crippen LogP contribution in [0.3, 0.4) is 0 Å². The first kappa shape index (κ1) is 18.0. The highest BCUT2D eigenvalue weighted by molar-refractivity contribution is 5.78. The molecule has 0 spiro atoms. The topological polar surface area (TPSA) is 61.5 Å². The molecule has 2 heterocycles. The summed E-state index contributed by atoms with van der Waals surface area (Å²) in [5.41, 5.74) is 3.20. The van der Waals surface area contributed by atoms with Crippen molar-refractivity contribution in [2.75, 3.05) is 27.2 Å². The molecule has 1 unspecified atom stereocenters. The van der Waals surface area contributed by atoms with Gasteiger partial charge in [-0.3, -0.25) is 9.69 Å². The van der Waals surface area contributed by atoms with Gasteiger partial charge in [0.05, 0.1) is 37.9 Å². The Morgan fingerprint density at radius 3 is 2.96 bits per heavy atom. The fourth-order valence-electron chi connectivity index (χ4n) is 4.42. The van der Waals surface area contributed by atoms with Crippen molar-refractivity contribution >= 4 is 5.91 Å². The van der Waals surface area contributed by atoms with E-state index in [-0.39, 0.29) is 11.8 Å². The van der Waals surface area contributed by atoms with Crippen LogP contribution in [0.1, 0.15) is 48.6 Å². The summed E-state index contributed by atoms with van der Waals surface area (Å²) in [6.45, 7) is 1.74. The highest BCUT2D eigenvalue weighted by atomic mass is 16.5. The molecule has 1 amide bonds. The molecule has 1 atom stereocenters. The molecule has 144 valence electrons. The zero-order valence-electron chi connectivity index (χ0n) is 16.1. The van der Waals surface area contributed by atoms with Crippen molar-refractivity contribution in [2.24, 2.45) is 0 Å². The number of carbonyl (C=O) groups is 1. The van der Waals surface area contributed by atoms with Gasteiger partial charge in [0.15, 0.2) is 0 Å². The van der Waals surface area contributed by atoms with Gasteiger partial charge in [-0.25, -0.2) is 4.98 Å². The van der Waals surface area contributed by atoms with Crippen LogP contribution >= 0.6 is 0 Å². The minimum absolute atomic E-state index is 0.0656. The Morgan fingerprint density at radius 2 is 2.19 bits per heavy atom. The van der Waals surface area contributed by atoms with Crippen LogP contribution in [0.5, 0.6) is 5.75 Å². The van der Waals surface area contributed by atoms with Gasteiger partial charge in [-0.1, -0.05) is 25.0 Å². The number of rotatable bonds is 5. The molecule has 1 N–H and O–H groups in total. The Hall–Kier alpha value is -2.34. The number of aromatic nitrogens is 2. The Labute approximate surface area is 160 Å². The molecule has 1 aromatic heterocycles. The fraction of sp³-hybridized carbons (Fsp3) is 0.524. The number of likely N-dealkylation sites (N-methyl/N-ethyl adjacent to an activating group) is 1. The van der Waals surface area contributed by atoms with Gasteiger partial charge in [-0.05, 0) is 37.6 Å². The van der Waals surface area contributed by atoms with Gasteiger partial charge < -0.3 is 14.6 Å². The monoisotopic (exact) mass is 368 g/mol. The Balaban J connectivity index is 1.53. The highest BCUT2D eigenvalue weighted by Crippen LogP contribution is 2.33. The molecule has 2 aromatic rings. The van der Waals surface area contributed by atoms with Crippen LogP contribution in [-0.2, 0) is 11.3 Å². The average molecular weight is 368 g/mol. The predicted octanol–water partition coefficient (Wildman–Crippen LogP) is 2.77. The number of ether oxygens (including phenoxy) is 1. The molecule has 27 heavy (non-hydrogen) atoms. The Kier molecular flexibility index (Phi) is 5.16. The van der Waals surface area contributed by atoms with Crippen LogP contribution in [0.2, 0.25) is 0 Å². The first-order valence-electron chi connectivity index (χ1n) is 9.80. The summed E-state index contributed by atoms with van der Waals surface area (Å²) in [5.74, 6) is 1.09. The van der Waals surface area contributed by atoms with Gasteiger partial charge in [-0.2, -0.15) is 0 Å². The summed E-state index contributed by atoms with van der Waals surface area (Å²) >= 11 is 0. The lowest BCUT2D eigenvalue weighted by Gasteiger charge is -2.34. The van der Waals surface area contributed by atoms with Crippen LogP contribution in [0.15, 0.2) is 30.6 Å². The van der Waals surface area contributed by atoms with E-state index in [0.717, 1.165) is 22.7 Å². The third-order valence-corrected chi connectivity index (χ3v) is 6.02. The maximum absolute atomic E-state index is 13.0. The first-order valence-corrected chi connectivity index (χ1v) is 9.80. The van der Waals surface area contributed by atoms with Gasteiger partial charge in [0.25, 0.3) is 0 Å². The molecule has 4 rings (SSSR count). The van der Waals surface area contributed by atoms with E-state index in [0.29, 0.717) is 25.7 Å². The number of hydrogen-bond acceptors (Lipinski definition) is 4. The van der Waals surface area contributed by atoms with Crippen LogP contribution in [0, 0.1) is 0 Å². The van der Waals surface area contributed by atoms with Gasteiger partial charge in [-0.15, -0.1) is 0 Å². The number of nitrogens with zero attached hydrogens (tertiary/aromatic N) is 3. The molecule has 1 aromatic carbocycles. The van der Waals surface area contributed by atoms with E-state index in [4.69, 9.17) is 4.74 Å². The standard InChI is InChI=1S/C21H28N4O2/c1-24(16-7-3-4-8-16)13-20(26)25-11-18(21-19(12-25)22-14-23-21)15-6-5-9-17(10-15)27-2/h5-6,9-10,14,16,18H,3-4,7-8,11-13H2,1-2H3,(H,22,23). The van der Waals surface area contributed by atoms with Crippen LogP contribution < -0.4 is 4.74 Å². The molecule has 1 fully saturated rings. The van der Waals surface area contributed by atoms with E-state index in [1.165, 1.54) is 25.7 Å². The zero-order valence-corrected chi connectivity index (χ0v) is 16.1. The maximum atomic E-state index is 13.0. The number of fused-ring (bicyclic) bond motifs is 1. The van der Waals surface area contributed by atoms with Crippen molar-refractivity contribution in [1.82, 2.24) is 19.8 Å². The summed E-state index contributed by atoms with van der Waals surface area (Å²) in [6, 6.07) is 8.62. The molecule has 6 heteroatoms. The number of H-pyrrole nitrogens is 1. The normalized spacial score (nSPS) is 20.1. The minimum Gasteiger partial charge on any atom is -0.497 e. The van der Waals surface area contributed by atoms with E-state index in [2.05, 4.69) is 28.0 Å². The van der Waals surface area contributed by atoms with E-state index >= 15 is 0 Å². The molecule has 1 aliphatic heterocycles. The number of methoxy groups -OCH3 is 1. The lowest BCUT2D eigenvalue weighted by atomic mass is 9.90. The summed E-state index contributed by atoms with van der Waals surface area (Å²) in [4.78, 5) is 25.0. The minimum atomic E-state index is 0.0656. The van der Waals surface area contributed by atoms with E-state index in [1.807, 2.05) is 23.1 Å². The highest BCUT2D eigenvalue weighted by Gasteiger charge is 2.32. The van der Waals surface area contributed by atoms with Crippen LogP contribution in [0.4, 0.5) is 0 Å². The molecular formula is C21H28N4O2. The number of imidazole rings is 1. The Bertz CT molecular complexity index is 797. The predicted molar refractivity (Wildman–Crippen MR) is 104 cm³/mol. The van der Waals surface area contributed by atoms with Crippen LogP contribution in [0.25, 0.3) is 0 Å². The summed E-state index contributed by atoms with van der Waals surface area (Å²) < 4.78 is 5.38. The van der Waals surface area contributed by atoms with Crippen molar-refractivity contribution < 1.29 is 9.53 Å². The van der Waals surface area contributed by atoms with Gasteiger partial charge in [0.2, 0.25) is 5.91 Å². The lowest BCUT2D eigenvalue weighted by Crippen LogP contribution is -2.45. The van der Waals surface area contributed by atoms with Crippen LogP contribution in [-0.4, -0.2) is 59.0 Å². The number of amides is 1. The van der Waals surface area contributed by atoms with Crippen molar-refractivity contribution in [1.29, 1.82) is 0 Å². The van der Waals surface area contributed by atoms with E-state index < -0.39 is 0 Å². The van der Waals surface area contributed by atoms with Crippen molar-refractivity contribution in [3.8, 4) is 5.75 Å². The molecule has 1 aliphatic carbocycles. The van der Waals surface area contributed by atoms with Gasteiger partial charge >= 0.3 is 0 Å². The molecule has 2 aliphatic rings. The smallest absolute Gasteiger partial charge is 0.237 e. The molecular weight excluding hydrogens is 340 g/mol. The zero-order chi connectivity index (χ0) is 18.8. The SMILES string of the molecule is COc1cccc(C2CN(C(=O)CN(C)C3CCCC3)Cc3[nH]cnc32)c1. The average Bonchev–Trinajstić information content (AvgIpc) is 3.38. The van der Waals surface area contributed by atoms with Gasteiger partial charge in [0.1, 0.15) is 5.75 Å². The van der Waals surface area contributed by atoms with E-state index in [1.54, 1.807) is 13.4 Å². The van der Waals surface area contributed by atoms with Crippen molar-refractivity contribution in [2.45, 2.75) is 44.2 Å². The molecule has 0 saturated heterocycles.